The number of anilines is 1. The molecule has 0 saturated heterocycles. The van der Waals surface area contributed by atoms with Crippen LogP contribution in [0.3, 0.4) is 0 Å². The summed E-state index contributed by atoms with van der Waals surface area (Å²) >= 11 is 4.99. The molecule has 0 fully saturated rings. The molecule has 0 bridgehead atoms. The van der Waals surface area contributed by atoms with Crippen LogP contribution in [0.5, 0.6) is 0 Å². The van der Waals surface area contributed by atoms with Crippen molar-refractivity contribution in [2.24, 2.45) is 0 Å². The van der Waals surface area contributed by atoms with Crippen molar-refractivity contribution in [2.45, 2.75) is 26.7 Å². The fraction of sp³-hybridized carbons (Fsp3) is 0.400. The number of hydrogen-bond donors (Lipinski definition) is 1. The van der Waals surface area contributed by atoms with E-state index >= 15 is 0 Å². The second kappa shape index (κ2) is 6.59. The first-order valence-electron chi connectivity index (χ1n) is 6.85. The van der Waals surface area contributed by atoms with Crippen LogP contribution in [-0.2, 0) is 0 Å². The molecule has 1 aromatic carbocycles. The molecule has 0 aliphatic carbocycles. The standard InChI is InChI=1S/C15H19BrN2OS/c1-3-8-18(9-4-2)15(19)14-13(17)12-10(16)6-5-7-11(12)20-14/h5-7H,3-4,8-9,17H2,1-2H3. The minimum atomic E-state index is 0.0549. The molecule has 0 spiro atoms. The predicted octanol–water partition coefficient (Wildman–Crippen LogP) is 4.51. The van der Waals surface area contributed by atoms with Crippen molar-refractivity contribution in [3.8, 4) is 0 Å². The van der Waals surface area contributed by atoms with E-state index in [-0.39, 0.29) is 5.91 Å². The summed E-state index contributed by atoms with van der Waals surface area (Å²) in [5.41, 5.74) is 6.80. The Kier molecular flexibility index (Phi) is 5.05. The highest BCUT2D eigenvalue weighted by Crippen LogP contribution is 2.38. The molecule has 1 heterocycles. The third-order valence-electron chi connectivity index (χ3n) is 3.17. The summed E-state index contributed by atoms with van der Waals surface area (Å²) in [5.74, 6) is 0.0549. The predicted molar refractivity (Wildman–Crippen MR) is 90.4 cm³/mol. The Morgan fingerprint density at radius 3 is 2.50 bits per heavy atom. The van der Waals surface area contributed by atoms with Crippen LogP contribution in [0.2, 0.25) is 0 Å². The smallest absolute Gasteiger partial charge is 0.266 e. The number of benzene rings is 1. The maximum atomic E-state index is 12.7. The molecule has 1 aromatic heterocycles. The van der Waals surface area contributed by atoms with E-state index in [2.05, 4.69) is 29.8 Å². The summed E-state index contributed by atoms with van der Waals surface area (Å²) in [4.78, 5) is 15.2. The zero-order valence-corrected chi connectivity index (χ0v) is 14.2. The number of nitrogens with zero attached hydrogens (tertiary/aromatic N) is 1. The fourth-order valence-corrected chi connectivity index (χ4v) is 4.11. The Morgan fingerprint density at radius 2 is 1.95 bits per heavy atom. The minimum absolute atomic E-state index is 0.0549. The first kappa shape index (κ1) is 15.3. The molecule has 108 valence electrons. The Balaban J connectivity index is 2.44. The van der Waals surface area contributed by atoms with Crippen molar-refractivity contribution < 1.29 is 4.79 Å². The van der Waals surface area contributed by atoms with Gasteiger partial charge in [-0.3, -0.25) is 4.79 Å². The summed E-state index contributed by atoms with van der Waals surface area (Å²) in [6.45, 7) is 5.73. The fourth-order valence-electron chi connectivity index (χ4n) is 2.29. The Bertz CT molecular complexity index is 618. The van der Waals surface area contributed by atoms with E-state index in [1.54, 1.807) is 0 Å². The molecule has 3 nitrogen and oxygen atoms in total. The molecule has 5 heteroatoms. The Labute approximate surface area is 131 Å². The molecular weight excluding hydrogens is 336 g/mol. The monoisotopic (exact) mass is 354 g/mol. The summed E-state index contributed by atoms with van der Waals surface area (Å²) in [6, 6.07) is 5.92. The van der Waals surface area contributed by atoms with Gasteiger partial charge in [0.15, 0.2) is 0 Å². The summed E-state index contributed by atoms with van der Waals surface area (Å²) < 4.78 is 1.99. The van der Waals surface area contributed by atoms with Crippen LogP contribution < -0.4 is 5.73 Å². The lowest BCUT2D eigenvalue weighted by Crippen LogP contribution is -2.32. The lowest BCUT2D eigenvalue weighted by atomic mass is 10.2. The van der Waals surface area contributed by atoms with E-state index in [0.29, 0.717) is 10.6 Å². The third-order valence-corrected chi connectivity index (χ3v) is 4.99. The van der Waals surface area contributed by atoms with Crippen molar-refractivity contribution in [1.29, 1.82) is 0 Å². The average molecular weight is 355 g/mol. The van der Waals surface area contributed by atoms with Gasteiger partial charge in [-0.1, -0.05) is 35.8 Å². The van der Waals surface area contributed by atoms with Crippen molar-refractivity contribution in [3.05, 3.63) is 27.5 Å². The summed E-state index contributed by atoms with van der Waals surface area (Å²) in [7, 11) is 0. The van der Waals surface area contributed by atoms with E-state index in [0.717, 1.165) is 40.5 Å². The highest BCUT2D eigenvalue weighted by molar-refractivity contribution is 9.10. The number of fused-ring (bicyclic) bond motifs is 1. The van der Waals surface area contributed by atoms with Crippen LogP contribution >= 0.6 is 27.3 Å². The lowest BCUT2D eigenvalue weighted by molar-refractivity contribution is 0.0761. The van der Waals surface area contributed by atoms with Crippen molar-refractivity contribution in [1.82, 2.24) is 4.90 Å². The van der Waals surface area contributed by atoms with Gasteiger partial charge in [0.2, 0.25) is 0 Å². The number of carbonyl (C=O) groups is 1. The van der Waals surface area contributed by atoms with Crippen molar-refractivity contribution in [3.63, 3.8) is 0 Å². The van der Waals surface area contributed by atoms with Gasteiger partial charge in [-0.05, 0) is 25.0 Å². The van der Waals surface area contributed by atoms with E-state index in [9.17, 15) is 4.79 Å². The van der Waals surface area contributed by atoms with Crippen LogP contribution in [0.1, 0.15) is 36.4 Å². The van der Waals surface area contributed by atoms with Crippen LogP contribution in [0, 0.1) is 0 Å². The molecule has 20 heavy (non-hydrogen) atoms. The van der Waals surface area contributed by atoms with Gasteiger partial charge < -0.3 is 10.6 Å². The van der Waals surface area contributed by atoms with E-state index in [4.69, 9.17) is 5.73 Å². The largest absolute Gasteiger partial charge is 0.397 e. The summed E-state index contributed by atoms with van der Waals surface area (Å²) in [5, 5.41) is 0.953. The van der Waals surface area contributed by atoms with Gasteiger partial charge in [-0.15, -0.1) is 11.3 Å². The Hall–Kier alpha value is -1.07. The molecule has 0 aliphatic heterocycles. The van der Waals surface area contributed by atoms with Gasteiger partial charge in [0.25, 0.3) is 5.91 Å². The molecular formula is C15H19BrN2OS. The minimum Gasteiger partial charge on any atom is -0.397 e. The van der Waals surface area contributed by atoms with Crippen LogP contribution in [0.15, 0.2) is 22.7 Å². The molecule has 2 aromatic rings. The molecule has 0 unspecified atom stereocenters. The normalized spacial score (nSPS) is 10.9. The molecule has 2 rings (SSSR count). The number of amides is 1. The quantitative estimate of drug-likeness (QED) is 0.858. The maximum absolute atomic E-state index is 12.7. The molecule has 0 saturated carbocycles. The number of hydrogen-bond acceptors (Lipinski definition) is 3. The Morgan fingerprint density at radius 1 is 1.30 bits per heavy atom. The van der Waals surface area contributed by atoms with Crippen LogP contribution in [0.4, 0.5) is 5.69 Å². The number of thiophene rings is 1. The SMILES string of the molecule is CCCN(CCC)C(=O)c1sc2cccc(Br)c2c1N. The first-order chi connectivity index (χ1) is 9.60. The van der Waals surface area contributed by atoms with Crippen molar-refractivity contribution in [2.75, 3.05) is 18.8 Å². The number of nitrogen functional groups attached to an aromatic ring is 1. The molecule has 0 radical (unpaired) electrons. The van der Waals surface area contributed by atoms with E-state index < -0.39 is 0 Å². The van der Waals surface area contributed by atoms with Gasteiger partial charge in [-0.2, -0.15) is 0 Å². The van der Waals surface area contributed by atoms with Gasteiger partial charge in [0.1, 0.15) is 4.88 Å². The number of carbonyl (C=O) groups excluding carboxylic acids is 1. The van der Waals surface area contributed by atoms with Gasteiger partial charge >= 0.3 is 0 Å². The van der Waals surface area contributed by atoms with E-state index in [1.165, 1.54) is 11.3 Å². The van der Waals surface area contributed by atoms with Crippen LogP contribution in [0.25, 0.3) is 10.1 Å². The first-order valence-corrected chi connectivity index (χ1v) is 8.46. The second-order valence-electron chi connectivity index (χ2n) is 4.75. The van der Waals surface area contributed by atoms with Gasteiger partial charge in [0.05, 0.1) is 5.69 Å². The lowest BCUT2D eigenvalue weighted by Gasteiger charge is -2.20. The van der Waals surface area contributed by atoms with Gasteiger partial charge in [0, 0.05) is 27.6 Å². The number of nitrogens with two attached hydrogens (primary N) is 1. The average Bonchev–Trinajstić information content (AvgIpc) is 2.76. The molecule has 0 atom stereocenters. The highest BCUT2D eigenvalue weighted by Gasteiger charge is 2.22. The van der Waals surface area contributed by atoms with Crippen molar-refractivity contribution >= 4 is 48.9 Å². The zero-order chi connectivity index (χ0) is 14.7. The van der Waals surface area contributed by atoms with Crippen LogP contribution in [-0.4, -0.2) is 23.9 Å². The maximum Gasteiger partial charge on any atom is 0.266 e. The molecule has 1 amide bonds. The highest BCUT2D eigenvalue weighted by atomic mass is 79.9. The zero-order valence-electron chi connectivity index (χ0n) is 11.8. The van der Waals surface area contributed by atoms with Gasteiger partial charge in [-0.25, -0.2) is 0 Å². The topological polar surface area (TPSA) is 46.3 Å². The third kappa shape index (κ3) is 2.83. The second-order valence-corrected chi connectivity index (χ2v) is 6.66. The molecule has 0 aliphatic rings. The summed E-state index contributed by atoms with van der Waals surface area (Å²) in [6.07, 6.45) is 1.92. The number of halogens is 1. The van der Waals surface area contributed by atoms with E-state index in [1.807, 2.05) is 23.1 Å². The number of rotatable bonds is 5. The molecule has 2 N–H and O–H groups in total.